The topological polar surface area (TPSA) is 4.93 Å². The molecule has 11 rings (SSSR count). The van der Waals surface area contributed by atoms with Crippen molar-refractivity contribution in [1.29, 1.82) is 0 Å². The highest BCUT2D eigenvalue weighted by molar-refractivity contribution is 6.10. The molecule has 61 heavy (non-hydrogen) atoms. The molecule has 10 aromatic rings. The summed E-state index contributed by atoms with van der Waals surface area (Å²) >= 11 is 0. The molecule has 9 aromatic carbocycles. The van der Waals surface area contributed by atoms with Gasteiger partial charge in [0.05, 0.1) is 11.0 Å². The Balaban J connectivity index is 0.859. The van der Waals surface area contributed by atoms with E-state index in [0.717, 1.165) is 12.8 Å². The molecule has 0 aliphatic heterocycles. The van der Waals surface area contributed by atoms with Gasteiger partial charge in [0.1, 0.15) is 0 Å². The minimum atomic E-state index is -0.0885. The maximum absolute atomic E-state index is 2.52. The predicted molar refractivity (Wildman–Crippen MR) is 258 cm³/mol. The molecule has 1 unspecified atom stereocenters. The molecule has 1 aromatic heterocycles. The normalized spacial score (nSPS) is 13.3. The Morgan fingerprint density at radius 2 is 0.934 bits per heavy atom. The lowest BCUT2D eigenvalue weighted by molar-refractivity contribution is 0.654. The Kier molecular flexibility index (Phi) is 9.12. The summed E-state index contributed by atoms with van der Waals surface area (Å²) in [5, 5.41) is 2.55. The van der Waals surface area contributed by atoms with E-state index in [-0.39, 0.29) is 5.41 Å². The van der Waals surface area contributed by atoms with Crippen LogP contribution in [-0.2, 0) is 11.8 Å². The number of hydrogen-bond donors (Lipinski definition) is 0. The average Bonchev–Trinajstić information content (AvgIpc) is 3.77. The smallest absolute Gasteiger partial charge is 0.0547 e. The van der Waals surface area contributed by atoms with Gasteiger partial charge in [0.25, 0.3) is 0 Å². The molecule has 0 N–H and O–H groups in total. The highest BCUT2D eigenvalue weighted by atomic mass is 15.0. The summed E-state index contributed by atoms with van der Waals surface area (Å²) in [5.74, 6) is 0.292. The van der Waals surface area contributed by atoms with Crippen LogP contribution in [0.15, 0.2) is 218 Å². The van der Waals surface area contributed by atoms with Crippen LogP contribution in [0.5, 0.6) is 0 Å². The van der Waals surface area contributed by atoms with E-state index in [1.165, 1.54) is 99.8 Å². The number of para-hydroxylation sites is 2. The summed E-state index contributed by atoms with van der Waals surface area (Å²) in [6, 6.07) is 80.8. The Morgan fingerprint density at radius 3 is 1.70 bits per heavy atom. The molecule has 0 radical (unpaired) electrons. The number of nitrogens with zero attached hydrogens (tertiary/aromatic N) is 1. The summed E-state index contributed by atoms with van der Waals surface area (Å²) in [5.41, 5.74) is 20.7. The maximum atomic E-state index is 2.52. The van der Waals surface area contributed by atoms with Crippen LogP contribution in [0.3, 0.4) is 0 Å². The molecule has 0 amide bonds. The molecule has 0 bridgehead atoms. The Morgan fingerprint density at radius 1 is 0.393 bits per heavy atom. The first-order chi connectivity index (χ1) is 30.0. The zero-order valence-corrected chi connectivity index (χ0v) is 34.7. The van der Waals surface area contributed by atoms with Gasteiger partial charge in [-0.15, -0.1) is 0 Å². The average molecular weight is 782 g/mol. The molecule has 292 valence electrons. The fourth-order valence-electron chi connectivity index (χ4n) is 10.1. The molecular weight excluding hydrogens is 735 g/mol. The summed E-state index contributed by atoms with van der Waals surface area (Å²) in [6.45, 7) is 4.80. The lowest BCUT2D eigenvalue weighted by Gasteiger charge is -2.25. The van der Waals surface area contributed by atoms with Gasteiger partial charge in [-0.2, -0.15) is 0 Å². The zero-order valence-electron chi connectivity index (χ0n) is 34.7. The summed E-state index contributed by atoms with van der Waals surface area (Å²) in [4.78, 5) is 0. The second-order valence-electron chi connectivity index (χ2n) is 17.3. The molecular formula is C60H47N. The third-order valence-corrected chi connectivity index (χ3v) is 13.3. The largest absolute Gasteiger partial charge is 0.309 e. The van der Waals surface area contributed by atoms with E-state index in [2.05, 4.69) is 237 Å². The van der Waals surface area contributed by atoms with Crippen LogP contribution in [0.4, 0.5) is 0 Å². The van der Waals surface area contributed by atoms with E-state index in [1.54, 1.807) is 0 Å². The van der Waals surface area contributed by atoms with Crippen LogP contribution in [0.25, 0.3) is 72.0 Å². The molecule has 1 heteroatoms. The fourth-order valence-corrected chi connectivity index (χ4v) is 10.1. The number of aryl methyl sites for hydroxylation is 1. The Hall–Kier alpha value is -7.22. The minimum absolute atomic E-state index is 0.0885. The van der Waals surface area contributed by atoms with E-state index >= 15 is 0 Å². The van der Waals surface area contributed by atoms with Crippen molar-refractivity contribution in [1.82, 2.24) is 4.57 Å². The van der Waals surface area contributed by atoms with Crippen LogP contribution < -0.4 is 0 Å². The molecule has 0 spiro atoms. The molecule has 1 aliphatic carbocycles. The van der Waals surface area contributed by atoms with Crippen LogP contribution in [0.1, 0.15) is 54.0 Å². The zero-order chi connectivity index (χ0) is 40.9. The molecule has 1 aliphatic rings. The van der Waals surface area contributed by atoms with E-state index in [0.29, 0.717) is 5.92 Å². The van der Waals surface area contributed by atoms with Crippen molar-refractivity contribution in [2.45, 2.75) is 38.0 Å². The summed E-state index contributed by atoms with van der Waals surface area (Å²) < 4.78 is 2.39. The van der Waals surface area contributed by atoms with Gasteiger partial charge >= 0.3 is 0 Å². The van der Waals surface area contributed by atoms with Crippen molar-refractivity contribution in [3.63, 3.8) is 0 Å². The first kappa shape index (κ1) is 36.8. The van der Waals surface area contributed by atoms with Gasteiger partial charge in [-0.1, -0.05) is 196 Å². The van der Waals surface area contributed by atoms with E-state index in [9.17, 15) is 0 Å². The van der Waals surface area contributed by atoms with Gasteiger partial charge in [-0.05, 0) is 122 Å². The second kappa shape index (κ2) is 15.1. The summed E-state index contributed by atoms with van der Waals surface area (Å²) in [6.07, 6.45) is 2.03. The SMILES string of the molecule is CC1(C)c2cc(-c3ccccc3)ccc2-c2ccc(C(CCc3ccc(-c4cccc(-c5ccc6c7ccccc7n(-c7ccccc7)c6c5)c4)cc3)c3ccccc3)cc21. The van der Waals surface area contributed by atoms with Gasteiger partial charge < -0.3 is 4.57 Å². The first-order valence-electron chi connectivity index (χ1n) is 21.7. The van der Waals surface area contributed by atoms with Gasteiger partial charge in [-0.25, -0.2) is 0 Å². The molecule has 0 fully saturated rings. The second-order valence-corrected chi connectivity index (χ2v) is 17.3. The standard InChI is InChI=1S/C60H47N/c1-60(2)56-38-47(42-15-6-3-7-16-42)30-34-52(56)53-35-32-49(39-57(53)60)51(44-17-8-4-9-18-44)33-27-41-25-28-43(29-26-41)45-19-14-20-46(37-45)48-31-36-55-54-23-12-13-24-58(54)61(59(55)40-48)50-21-10-5-11-22-50/h3-26,28-32,34-40,51H,27,33H2,1-2H3. The summed E-state index contributed by atoms with van der Waals surface area (Å²) in [7, 11) is 0. The highest BCUT2D eigenvalue weighted by Crippen LogP contribution is 2.51. The van der Waals surface area contributed by atoms with E-state index in [4.69, 9.17) is 0 Å². The number of hydrogen-bond acceptors (Lipinski definition) is 0. The van der Waals surface area contributed by atoms with Crippen molar-refractivity contribution < 1.29 is 0 Å². The third kappa shape index (κ3) is 6.58. The van der Waals surface area contributed by atoms with Gasteiger partial charge in [0.2, 0.25) is 0 Å². The van der Waals surface area contributed by atoms with Gasteiger partial charge in [-0.3, -0.25) is 0 Å². The van der Waals surface area contributed by atoms with Gasteiger partial charge in [0.15, 0.2) is 0 Å². The molecule has 1 nitrogen and oxygen atoms in total. The lowest BCUT2D eigenvalue weighted by atomic mass is 9.79. The molecule has 1 heterocycles. The third-order valence-electron chi connectivity index (χ3n) is 13.3. The molecule has 1 atom stereocenters. The number of fused-ring (bicyclic) bond motifs is 6. The maximum Gasteiger partial charge on any atom is 0.0547 e. The highest BCUT2D eigenvalue weighted by Gasteiger charge is 2.36. The molecule has 0 saturated carbocycles. The van der Waals surface area contributed by atoms with E-state index < -0.39 is 0 Å². The first-order valence-corrected chi connectivity index (χ1v) is 21.7. The number of aromatic nitrogens is 1. The predicted octanol–water partition coefficient (Wildman–Crippen LogP) is 15.9. The van der Waals surface area contributed by atoms with Crippen LogP contribution >= 0.6 is 0 Å². The Labute approximate surface area is 359 Å². The fraction of sp³-hybridized carbons (Fsp3) is 0.100. The lowest BCUT2D eigenvalue weighted by Crippen LogP contribution is -2.16. The molecule has 0 saturated heterocycles. The van der Waals surface area contributed by atoms with Crippen LogP contribution in [0, 0.1) is 0 Å². The van der Waals surface area contributed by atoms with Crippen molar-refractivity contribution in [2.75, 3.05) is 0 Å². The number of benzene rings is 9. The quantitative estimate of drug-likeness (QED) is 0.137. The van der Waals surface area contributed by atoms with Crippen LogP contribution in [-0.4, -0.2) is 4.57 Å². The van der Waals surface area contributed by atoms with Crippen molar-refractivity contribution in [3.8, 4) is 50.2 Å². The Bertz CT molecular complexity index is 3190. The van der Waals surface area contributed by atoms with Crippen molar-refractivity contribution in [3.05, 3.63) is 246 Å². The monoisotopic (exact) mass is 781 g/mol. The number of rotatable bonds is 9. The van der Waals surface area contributed by atoms with Crippen molar-refractivity contribution >= 4 is 21.8 Å². The van der Waals surface area contributed by atoms with E-state index in [1.807, 2.05) is 0 Å². The minimum Gasteiger partial charge on any atom is -0.309 e. The van der Waals surface area contributed by atoms with Crippen LogP contribution in [0.2, 0.25) is 0 Å². The van der Waals surface area contributed by atoms with Gasteiger partial charge in [0, 0.05) is 27.8 Å². The van der Waals surface area contributed by atoms with Crippen molar-refractivity contribution in [2.24, 2.45) is 0 Å².